The summed E-state index contributed by atoms with van der Waals surface area (Å²) in [7, 11) is 1.99. The van der Waals surface area contributed by atoms with Crippen molar-refractivity contribution in [1.29, 1.82) is 0 Å². The Morgan fingerprint density at radius 3 is 2.94 bits per heavy atom. The molecule has 17 heavy (non-hydrogen) atoms. The molecule has 0 amide bonds. The van der Waals surface area contributed by atoms with Crippen molar-refractivity contribution in [2.45, 2.75) is 12.8 Å². The zero-order valence-electron chi connectivity index (χ0n) is 9.93. The highest BCUT2D eigenvalue weighted by atomic mass is 79.9. The van der Waals surface area contributed by atoms with Crippen LogP contribution in [0.15, 0.2) is 22.7 Å². The van der Waals surface area contributed by atoms with Gasteiger partial charge in [-0.15, -0.1) is 0 Å². The van der Waals surface area contributed by atoms with Crippen molar-refractivity contribution in [1.82, 2.24) is 5.32 Å². The Kier molecular flexibility index (Phi) is 4.47. The zero-order chi connectivity index (χ0) is 12.3. The average molecular weight is 319 g/mol. The number of nitrogens with one attached hydrogen (secondary N) is 1. The van der Waals surface area contributed by atoms with E-state index in [1.54, 1.807) is 0 Å². The molecule has 1 aliphatic rings. The minimum absolute atomic E-state index is 0.201. The molecule has 94 valence electrons. The van der Waals surface area contributed by atoms with E-state index in [0.717, 1.165) is 42.1 Å². The van der Waals surface area contributed by atoms with Gasteiger partial charge >= 0.3 is 0 Å². The second-order valence-electron chi connectivity index (χ2n) is 4.75. The van der Waals surface area contributed by atoms with Gasteiger partial charge in [-0.1, -0.05) is 33.6 Å². The maximum Gasteiger partial charge on any atom is 0.0538 e. The molecule has 0 aromatic heterocycles. The fourth-order valence-electron chi connectivity index (χ4n) is 2.43. The van der Waals surface area contributed by atoms with Gasteiger partial charge in [0.15, 0.2) is 0 Å². The second-order valence-corrected chi connectivity index (χ2v) is 6.07. The molecule has 1 heterocycles. The lowest BCUT2D eigenvalue weighted by Crippen LogP contribution is -2.35. The molecule has 1 aliphatic heterocycles. The van der Waals surface area contributed by atoms with Gasteiger partial charge in [0.2, 0.25) is 0 Å². The fraction of sp³-hybridized carbons (Fsp3) is 0.538. The van der Waals surface area contributed by atoms with Gasteiger partial charge in [-0.2, -0.15) is 0 Å². The predicted octanol–water partition coefficient (Wildman–Crippen LogP) is 3.27. The Labute approximate surface area is 116 Å². The Balaban J connectivity index is 2.17. The van der Waals surface area contributed by atoms with E-state index in [1.807, 2.05) is 19.2 Å². The van der Waals surface area contributed by atoms with E-state index >= 15 is 0 Å². The van der Waals surface area contributed by atoms with Gasteiger partial charge in [0, 0.05) is 28.1 Å². The van der Waals surface area contributed by atoms with Crippen LogP contribution >= 0.6 is 27.5 Å². The van der Waals surface area contributed by atoms with Crippen LogP contribution in [0, 0.1) is 5.41 Å². The molecule has 1 aromatic rings. The summed E-state index contributed by atoms with van der Waals surface area (Å²) < 4.78 is 6.58. The van der Waals surface area contributed by atoms with E-state index in [4.69, 9.17) is 16.3 Å². The highest BCUT2D eigenvalue weighted by Crippen LogP contribution is 2.34. The third-order valence-electron chi connectivity index (χ3n) is 3.32. The van der Waals surface area contributed by atoms with Crippen molar-refractivity contribution in [2.75, 3.05) is 26.8 Å². The lowest BCUT2D eigenvalue weighted by Gasteiger charge is -2.27. The third kappa shape index (κ3) is 3.22. The van der Waals surface area contributed by atoms with Crippen LogP contribution in [0.4, 0.5) is 0 Å². The van der Waals surface area contributed by atoms with Crippen LogP contribution in [-0.4, -0.2) is 26.8 Å². The van der Waals surface area contributed by atoms with Crippen LogP contribution in [0.25, 0.3) is 0 Å². The summed E-state index contributed by atoms with van der Waals surface area (Å²) >= 11 is 9.71. The minimum atomic E-state index is 0.201. The summed E-state index contributed by atoms with van der Waals surface area (Å²) in [4.78, 5) is 0. The number of hydrogen-bond acceptors (Lipinski definition) is 2. The molecule has 2 rings (SSSR count). The molecule has 1 atom stereocenters. The minimum Gasteiger partial charge on any atom is -0.381 e. The monoisotopic (exact) mass is 317 g/mol. The van der Waals surface area contributed by atoms with Crippen LogP contribution in [0.3, 0.4) is 0 Å². The summed E-state index contributed by atoms with van der Waals surface area (Å²) in [5.74, 6) is 0. The van der Waals surface area contributed by atoms with Gasteiger partial charge in [-0.05, 0) is 37.6 Å². The molecule has 1 N–H and O–H groups in total. The van der Waals surface area contributed by atoms with Gasteiger partial charge in [0.1, 0.15) is 0 Å². The van der Waals surface area contributed by atoms with Crippen LogP contribution in [0.1, 0.15) is 12.0 Å². The molecule has 0 radical (unpaired) electrons. The molecular formula is C13H17BrClNO. The molecule has 1 saturated heterocycles. The standard InChI is InChI=1S/C13H17BrClNO/c1-16-8-13(4-5-17-9-13)7-10-2-3-11(14)6-12(10)15/h2-3,6,16H,4-5,7-9H2,1H3. The zero-order valence-corrected chi connectivity index (χ0v) is 12.3. The second kappa shape index (κ2) is 5.70. The smallest absolute Gasteiger partial charge is 0.0538 e. The molecule has 0 bridgehead atoms. The summed E-state index contributed by atoms with van der Waals surface area (Å²) in [5.41, 5.74) is 1.40. The maximum absolute atomic E-state index is 6.28. The lowest BCUT2D eigenvalue weighted by molar-refractivity contribution is 0.150. The molecule has 4 heteroatoms. The molecule has 0 saturated carbocycles. The average Bonchev–Trinajstić information content (AvgIpc) is 2.72. The summed E-state index contributed by atoms with van der Waals surface area (Å²) in [5, 5.41) is 4.10. The van der Waals surface area contributed by atoms with Gasteiger partial charge in [-0.3, -0.25) is 0 Å². The molecule has 1 fully saturated rings. The highest BCUT2D eigenvalue weighted by molar-refractivity contribution is 9.10. The van der Waals surface area contributed by atoms with E-state index in [9.17, 15) is 0 Å². The first-order valence-electron chi connectivity index (χ1n) is 5.81. The molecule has 1 unspecified atom stereocenters. The Hall–Kier alpha value is -0.0900. The van der Waals surface area contributed by atoms with Crippen molar-refractivity contribution in [3.8, 4) is 0 Å². The van der Waals surface area contributed by atoms with E-state index in [-0.39, 0.29) is 5.41 Å². The van der Waals surface area contributed by atoms with Gasteiger partial charge in [0.05, 0.1) is 6.61 Å². The number of hydrogen-bond donors (Lipinski definition) is 1. The van der Waals surface area contributed by atoms with Crippen LogP contribution in [0.2, 0.25) is 5.02 Å². The summed E-state index contributed by atoms with van der Waals surface area (Å²) in [6.07, 6.45) is 2.07. The number of halogens is 2. The van der Waals surface area contributed by atoms with Crippen molar-refractivity contribution < 1.29 is 4.74 Å². The largest absolute Gasteiger partial charge is 0.381 e. The third-order valence-corrected chi connectivity index (χ3v) is 4.16. The number of benzene rings is 1. The maximum atomic E-state index is 6.28. The van der Waals surface area contributed by atoms with Gasteiger partial charge < -0.3 is 10.1 Å². The van der Waals surface area contributed by atoms with Crippen molar-refractivity contribution in [3.63, 3.8) is 0 Å². The Morgan fingerprint density at radius 2 is 2.35 bits per heavy atom. The van der Waals surface area contributed by atoms with Crippen LogP contribution in [-0.2, 0) is 11.2 Å². The SMILES string of the molecule is CNCC1(Cc2ccc(Br)cc2Cl)CCOC1. The molecule has 0 aliphatic carbocycles. The first-order valence-corrected chi connectivity index (χ1v) is 6.99. The lowest BCUT2D eigenvalue weighted by atomic mass is 9.81. The molecule has 2 nitrogen and oxygen atoms in total. The first-order chi connectivity index (χ1) is 8.15. The van der Waals surface area contributed by atoms with E-state index in [2.05, 4.69) is 27.3 Å². The van der Waals surface area contributed by atoms with Crippen molar-refractivity contribution in [3.05, 3.63) is 33.3 Å². The van der Waals surface area contributed by atoms with Crippen LogP contribution < -0.4 is 5.32 Å². The predicted molar refractivity (Wildman–Crippen MR) is 74.7 cm³/mol. The van der Waals surface area contributed by atoms with Crippen molar-refractivity contribution in [2.24, 2.45) is 5.41 Å². The van der Waals surface area contributed by atoms with Gasteiger partial charge in [0.25, 0.3) is 0 Å². The van der Waals surface area contributed by atoms with Crippen molar-refractivity contribution >= 4 is 27.5 Å². The van der Waals surface area contributed by atoms with E-state index in [1.165, 1.54) is 5.56 Å². The summed E-state index contributed by atoms with van der Waals surface area (Å²) in [6.45, 7) is 2.65. The van der Waals surface area contributed by atoms with E-state index < -0.39 is 0 Å². The number of ether oxygens (including phenoxy) is 1. The Bertz CT molecular complexity index is 391. The topological polar surface area (TPSA) is 21.3 Å². The van der Waals surface area contributed by atoms with Crippen LogP contribution in [0.5, 0.6) is 0 Å². The first kappa shape index (κ1) is 13.3. The molecule has 1 aromatic carbocycles. The quantitative estimate of drug-likeness (QED) is 0.920. The fourth-order valence-corrected chi connectivity index (χ4v) is 3.18. The summed E-state index contributed by atoms with van der Waals surface area (Å²) in [6, 6.07) is 6.10. The van der Waals surface area contributed by atoms with E-state index in [0.29, 0.717) is 0 Å². The Morgan fingerprint density at radius 1 is 1.53 bits per heavy atom. The number of rotatable bonds is 4. The normalized spacial score (nSPS) is 24.2. The molecule has 0 spiro atoms. The van der Waals surface area contributed by atoms with Gasteiger partial charge in [-0.25, -0.2) is 0 Å². The highest BCUT2D eigenvalue weighted by Gasteiger charge is 2.34. The molecular weight excluding hydrogens is 302 g/mol.